The Morgan fingerprint density at radius 1 is 1.45 bits per heavy atom. The molecule has 2 N–H and O–H groups in total. The minimum atomic E-state index is -1.12. The average molecular weight is 278 g/mol. The fourth-order valence-corrected chi connectivity index (χ4v) is 1.42. The van der Waals surface area contributed by atoms with Crippen molar-refractivity contribution in [1.29, 1.82) is 5.26 Å². The quantitative estimate of drug-likeness (QED) is 0.593. The Kier molecular flexibility index (Phi) is 5.50. The van der Waals surface area contributed by atoms with Crippen LogP contribution in [0.15, 0.2) is 24.3 Å². The molecule has 0 radical (unpaired) electrons. The molecule has 0 bridgehead atoms. The monoisotopic (exact) mass is 278 g/mol. The molecule has 1 unspecified atom stereocenters. The lowest BCUT2D eigenvalue weighted by Crippen LogP contribution is -2.39. The first kappa shape index (κ1) is 15.5. The van der Waals surface area contributed by atoms with Crippen molar-refractivity contribution in [2.24, 2.45) is 0 Å². The molecule has 0 aliphatic rings. The molecule has 0 fully saturated rings. The van der Waals surface area contributed by atoms with Gasteiger partial charge in [-0.3, -0.25) is 14.8 Å². The summed E-state index contributed by atoms with van der Waals surface area (Å²) in [5.41, 5.74) is 0.266. The number of carboxylic acids is 1. The molecule has 1 atom stereocenters. The number of hydroxylamine groups is 2. The molecule has 7 heteroatoms. The maximum atomic E-state index is 11.7. The maximum Gasteiger partial charge on any atom is 0.305 e. The number of hydrogen-bond donors (Lipinski definition) is 2. The summed E-state index contributed by atoms with van der Waals surface area (Å²) in [7, 11) is 0. The molecule has 20 heavy (non-hydrogen) atoms. The smallest absolute Gasteiger partial charge is 0.305 e. The van der Waals surface area contributed by atoms with Gasteiger partial charge in [-0.2, -0.15) is 5.26 Å². The first-order valence-electron chi connectivity index (χ1n) is 5.83. The number of carboxylic acid groups (broad SMARTS) is 1. The number of carbonyl (C=O) groups is 2. The summed E-state index contributed by atoms with van der Waals surface area (Å²) in [6, 6.07) is 8.29. The van der Waals surface area contributed by atoms with E-state index in [1.807, 2.05) is 6.07 Å². The van der Waals surface area contributed by atoms with E-state index in [2.05, 4.69) is 0 Å². The van der Waals surface area contributed by atoms with E-state index in [1.54, 1.807) is 12.1 Å². The third-order valence-electron chi connectivity index (χ3n) is 2.45. The second-order valence-corrected chi connectivity index (χ2v) is 3.97. The van der Waals surface area contributed by atoms with Crippen LogP contribution in [0.2, 0.25) is 0 Å². The van der Waals surface area contributed by atoms with Gasteiger partial charge in [0.1, 0.15) is 11.8 Å². The van der Waals surface area contributed by atoms with Crippen molar-refractivity contribution in [2.45, 2.75) is 19.4 Å². The second-order valence-electron chi connectivity index (χ2n) is 3.97. The first-order chi connectivity index (χ1) is 9.45. The molecular formula is C13H14N2O5. The van der Waals surface area contributed by atoms with Gasteiger partial charge in [-0.15, -0.1) is 0 Å². The SMILES string of the molecule is CC(Oc1ccccc1C#N)C(=O)N(O)CCC(=O)O. The van der Waals surface area contributed by atoms with E-state index < -0.39 is 18.0 Å². The highest BCUT2D eigenvalue weighted by Crippen LogP contribution is 2.18. The van der Waals surface area contributed by atoms with Gasteiger partial charge >= 0.3 is 5.97 Å². The molecule has 0 aliphatic heterocycles. The van der Waals surface area contributed by atoms with Gasteiger partial charge in [0.15, 0.2) is 6.10 Å². The number of ether oxygens (including phenoxy) is 1. The third-order valence-corrected chi connectivity index (χ3v) is 2.45. The van der Waals surface area contributed by atoms with Gasteiger partial charge in [0, 0.05) is 0 Å². The van der Waals surface area contributed by atoms with Crippen molar-refractivity contribution < 1.29 is 24.6 Å². The molecule has 0 spiro atoms. The summed E-state index contributed by atoms with van der Waals surface area (Å²) in [6.45, 7) is 1.07. The molecule has 0 saturated heterocycles. The zero-order valence-corrected chi connectivity index (χ0v) is 10.8. The minimum Gasteiger partial charge on any atom is -0.481 e. The standard InChI is InChI=1S/C13H14N2O5/c1-9(13(18)15(19)7-6-12(16)17)20-11-5-3-2-4-10(11)8-14/h2-5,9,19H,6-7H2,1H3,(H,16,17). The first-order valence-corrected chi connectivity index (χ1v) is 5.83. The summed E-state index contributed by atoms with van der Waals surface area (Å²) < 4.78 is 5.30. The number of amides is 1. The summed E-state index contributed by atoms with van der Waals surface area (Å²) in [6.07, 6.45) is -1.41. The zero-order chi connectivity index (χ0) is 15.1. The Morgan fingerprint density at radius 2 is 2.10 bits per heavy atom. The van der Waals surface area contributed by atoms with E-state index in [0.29, 0.717) is 5.06 Å². The molecule has 0 aromatic heterocycles. The Bertz CT molecular complexity index is 538. The molecule has 0 aliphatic carbocycles. The van der Waals surface area contributed by atoms with E-state index in [9.17, 15) is 14.8 Å². The van der Waals surface area contributed by atoms with Gasteiger partial charge in [0.25, 0.3) is 5.91 Å². The lowest BCUT2D eigenvalue weighted by atomic mass is 10.2. The van der Waals surface area contributed by atoms with Crippen molar-refractivity contribution >= 4 is 11.9 Å². The Balaban J connectivity index is 2.66. The number of nitriles is 1. The number of hydrogen-bond acceptors (Lipinski definition) is 5. The van der Waals surface area contributed by atoms with E-state index in [1.165, 1.54) is 19.1 Å². The average Bonchev–Trinajstić information content (AvgIpc) is 2.44. The van der Waals surface area contributed by atoms with Crippen LogP contribution in [-0.4, -0.2) is 39.9 Å². The third kappa shape index (κ3) is 4.26. The molecular weight excluding hydrogens is 264 g/mol. The Morgan fingerprint density at radius 3 is 2.70 bits per heavy atom. The fourth-order valence-electron chi connectivity index (χ4n) is 1.42. The fraction of sp³-hybridized carbons (Fsp3) is 0.308. The number of para-hydroxylation sites is 1. The van der Waals surface area contributed by atoms with Crippen LogP contribution < -0.4 is 4.74 Å². The summed E-state index contributed by atoms with van der Waals surface area (Å²) >= 11 is 0. The summed E-state index contributed by atoms with van der Waals surface area (Å²) in [5.74, 6) is -1.68. The van der Waals surface area contributed by atoms with Gasteiger partial charge < -0.3 is 9.84 Å². The number of nitrogens with zero attached hydrogens (tertiary/aromatic N) is 2. The number of benzene rings is 1. The highest BCUT2D eigenvalue weighted by Gasteiger charge is 2.22. The van der Waals surface area contributed by atoms with Crippen LogP contribution in [0.3, 0.4) is 0 Å². The van der Waals surface area contributed by atoms with Gasteiger partial charge in [-0.05, 0) is 19.1 Å². The van der Waals surface area contributed by atoms with Crippen molar-refractivity contribution in [3.63, 3.8) is 0 Å². The molecule has 0 heterocycles. The number of aliphatic carboxylic acids is 1. The van der Waals surface area contributed by atoms with Crippen LogP contribution in [0.4, 0.5) is 0 Å². The van der Waals surface area contributed by atoms with E-state index in [0.717, 1.165) is 0 Å². The normalized spacial score (nSPS) is 11.2. The van der Waals surface area contributed by atoms with E-state index >= 15 is 0 Å². The topological polar surface area (TPSA) is 111 Å². The maximum absolute atomic E-state index is 11.7. The molecule has 0 saturated carbocycles. The lowest BCUT2D eigenvalue weighted by Gasteiger charge is -2.20. The lowest BCUT2D eigenvalue weighted by molar-refractivity contribution is -0.173. The van der Waals surface area contributed by atoms with Crippen molar-refractivity contribution in [1.82, 2.24) is 5.06 Å². The van der Waals surface area contributed by atoms with Crippen LogP contribution in [0.1, 0.15) is 18.9 Å². The van der Waals surface area contributed by atoms with Crippen molar-refractivity contribution in [3.8, 4) is 11.8 Å². The predicted molar refractivity (Wildman–Crippen MR) is 67.0 cm³/mol. The minimum absolute atomic E-state index is 0.225. The van der Waals surface area contributed by atoms with Crippen LogP contribution >= 0.6 is 0 Å². The van der Waals surface area contributed by atoms with Crippen molar-refractivity contribution in [3.05, 3.63) is 29.8 Å². The number of rotatable bonds is 6. The molecule has 1 aromatic rings. The van der Waals surface area contributed by atoms with Gasteiger partial charge in [-0.25, -0.2) is 5.06 Å². The second kappa shape index (κ2) is 7.11. The zero-order valence-electron chi connectivity index (χ0n) is 10.8. The van der Waals surface area contributed by atoms with Crippen LogP contribution in [0, 0.1) is 11.3 Å². The highest BCUT2D eigenvalue weighted by atomic mass is 16.5. The van der Waals surface area contributed by atoms with Crippen LogP contribution in [0.5, 0.6) is 5.75 Å². The van der Waals surface area contributed by atoms with Crippen molar-refractivity contribution in [2.75, 3.05) is 6.54 Å². The Labute approximate surface area is 115 Å². The molecule has 1 amide bonds. The summed E-state index contributed by atoms with van der Waals surface area (Å²) in [4.78, 5) is 22.1. The molecule has 106 valence electrons. The molecule has 1 aromatic carbocycles. The van der Waals surface area contributed by atoms with Gasteiger partial charge in [0.05, 0.1) is 18.5 Å². The van der Waals surface area contributed by atoms with Crippen LogP contribution in [0.25, 0.3) is 0 Å². The van der Waals surface area contributed by atoms with E-state index in [-0.39, 0.29) is 24.3 Å². The largest absolute Gasteiger partial charge is 0.481 e. The Hall–Kier alpha value is -2.59. The predicted octanol–water partition coefficient (Wildman–Crippen LogP) is 1.02. The number of carbonyl (C=O) groups excluding carboxylic acids is 1. The summed E-state index contributed by atoms with van der Waals surface area (Å²) in [5, 5.41) is 27.1. The molecule has 1 rings (SSSR count). The molecule has 7 nitrogen and oxygen atoms in total. The highest BCUT2D eigenvalue weighted by molar-refractivity contribution is 5.80. The van der Waals surface area contributed by atoms with Crippen LogP contribution in [-0.2, 0) is 9.59 Å². The van der Waals surface area contributed by atoms with Gasteiger partial charge in [0.2, 0.25) is 0 Å². The van der Waals surface area contributed by atoms with Gasteiger partial charge in [-0.1, -0.05) is 12.1 Å². The van der Waals surface area contributed by atoms with E-state index in [4.69, 9.17) is 15.1 Å².